The minimum Gasteiger partial charge on any atom is -0.450 e. The first-order chi connectivity index (χ1) is 15.0. The molecule has 1 unspecified atom stereocenters. The number of hydrogen-bond donors (Lipinski definition) is 0. The summed E-state index contributed by atoms with van der Waals surface area (Å²) in [5.74, 6) is -0.282. The number of non-ortho nitro benzene ring substituents is 1. The topological polar surface area (TPSA) is 107 Å². The lowest BCUT2D eigenvalue weighted by Crippen LogP contribution is -2.30. The molecule has 152 valence electrons. The van der Waals surface area contributed by atoms with Gasteiger partial charge in [-0.25, -0.2) is 4.98 Å². The van der Waals surface area contributed by atoms with Crippen molar-refractivity contribution in [1.82, 2.24) is 4.98 Å². The van der Waals surface area contributed by atoms with Gasteiger partial charge in [-0.15, -0.1) is 0 Å². The van der Waals surface area contributed by atoms with E-state index in [1.54, 1.807) is 48.7 Å². The molecule has 0 N–H and O–H groups in total. The molecule has 4 aromatic rings. The van der Waals surface area contributed by atoms with Gasteiger partial charge in [0.25, 0.3) is 11.6 Å². The van der Waals surface area contributed by atoms with Crippen LogP contribution < -0.4 is 10.3 Å². The molecule has 3 heterocycles. The molecule has 0 saturated heterocycles. The van der Waals surface area contributed by atoms with E-state index < -0.39 is 16.9 Å². The lowest BCUT2D eigenvalue weighted by Gasteiger charge is -2.24. The van der Waals surface area contributed by atoms with Crippen molar-refractivity contribution in [3.63, 3.8) is 0 Å². The van der Waals surface area contributed by atoms with E-state index in [2.05, 4.69) is 4.98 Å². The van der Waals surface area contributed by atoms with Gasteiger partial charge in [0.15, 0.2) is 5.43 Å². The molecule has 1 atom stereocenters. The number of carbonyl (C=O) groups is 1. The number of nitro groups is 1. The van der Waals surface area contributed by atoms with Gasteiger partial charge in [-0.3, -0.25) is 24.6 Å². The third-order valence-electron chi connectivity index (χ3n) is 5.32. The molecule has 2 aromatic carbocycles. The molecule has 8 heteroatoms. The summed E-state index contributed by atoms with van der Waals surface area (Å²) in [6, 6.07) is 15.2. The summed E-state index contributed by atoms with van der Waals surface area (Å²) in [4.78, 5) is 43.3. The van der Waals surface area contributed by atoms with Gasteiger partial charge < -0.3 is 4.42 Å². The van der Waals surface area contributed by atoms with Crippen molar-refractivity contribution in [2.24, 2.45) is 0 Å². The summed E-state index contributed by atoms with van der Waals surface area (Å²) in [5.41, 5.74) is 1.28. The normalized spacial score (nSPS) is 15.3. The SMILES string of the molecule is Cc1ccc(N2C(=O)c3oc4ccccc4c(=O)c3C2c2cccc([N+](=O)[O-])c2)nc1. The van der Waals surface area contributed by atoms with Gasteiger partial charge in [0.1, 0.15) is 11.4 Å². The molecule has 8 nitrogen and oxygen atoms in total. The van der Waals surface area contributed by atoms with Crippen molar-refractivity contribution in [3.8, 4) is 0 Å². The molecule has 0 bridgehead atoms. The van der Waals surface area contributed by atoms with Crippen molar-refractivity contribution in [2.75, 3.05) is 4.90 Å². The predicted octanol–water partition coefficient (Wildman–Crippen LogP) is 4.15. The van der Waals surface area contributed by atoms with Crippen LogP contribution in [-0.2, 0) is 0 Å². The number of nitrogens with zero attached hydrogens (tertiary/aromatic N) is 3. The highest BCUT2D eigenvalue weighted by Crippen LogP contribution is 2.41. The van der Waals surface area contributed by atoms with Crippen LogP contribution in [0.25, 0.3) is 11.0 Å². The van der Waals surface area contributed by atoms with Crippen molar-refractivity contribution in [2.45, 2.75) is 13.0 Å². The number of benzene rings is 2. The van der Waals surface area contributed by atoms with Gasteiger partial charge in [-0.05, 0) is 36.2 Å². The van der Waals surface area contributed by atoms with Crippen LogP contribution in [0.4, 0.5) is 11.5 Å². The van der Waals surface area contributed by atoms with Crippen LogP contribution in [0, 0.1) is 17.0 Å². The van der Waals surface area contributed by atoms with Gasteiger partial charge in [-0.2, -0.15) is 0 Å². The van der Waals surface area contributed by atoms with Crippen LogP contribution in [0.15, 0.2) is 76.1 Å². The first-order valence-corrected chi connectivity index (χ1v) is 9.52. The Morgan fingerprint density at radius 2 is 1.87 bits per heavy atom. The smallest absolute Gasteiger partial charge is 0.296 e. The van der Waals surface area contributed by atoms with E-state index in [0.717, 1.165) is 5.56 Å². The minimum atomic E-state index is -0.904. The Morgan fingerprint density at radius 1 is 1.06 bits per heavy atom. The number of anilines is 1. The zero-order valence-corrected chi connectivity index (χ0v) is 16.3. The van der Waals surface area contributed by atoms with Crippen molar-refractivity contribution < 1.29 is 14.1 Å². The summed E-state index contributed by atoms with van der Waals surface area (Å²) in [5, 5.41) is 11.7. The van der Waals surface area contributed by atoms with Crippen LogP contribution in [-0.4, -0.2) is 15.8 Å². The van der Waals surface area contributed by atoms with E-state index in [1.807, 2.05) is 6.92 Å². The Hall–Kier alpha value is -4.33. The third-order valence-corrected chi connectivity index (χ3v) is 5.32. The number of hydrogen-bond acceptors (Lipinski definition) is 6. The second-order valence-corrected chi connectivity index (χ2v) is 7.29. The molecule has 1 aliphatic heterocycles. The molecule has 1 amide bonds. The molecular weight excluding hydrogens is 398 g/mol. The maximum absolute atomic E-state index is 13.4. The van der Waals surface area contributed by atoms with Gasteiger partial charge >= 0.3 is 0 Å². The summed E-state index contributed by atoms with van der Waals surface area (Å²) in [6.45, 7) is 1.87. The van der Waals surface area contributed by atoms with E-state index in [4.69, 9.17) is 4.42 Å². The van der Waals surface area contributed by atoms with E-state index >= 15 is 0 Å². The number of aryl methyl sites for hydroxylation is 1. The molecule has 31 heavy (non-hydrogen) atoms. The molecule has 2 aromatic heterocycles. The molecule has 0 radical (unpaired) electrons. The molecule has 0 saturated carbocycles. The van der Waals surface area contributed by atoms with Crippen molar-refractivity contribution in [1.29, 1.82) is 0 Å². The quantitative estimate of drug-likeness (QED) is 0.369. The standard InChI is InChI=1S/C23H15N3O5/c1-13-9-10-18(24-12-13)25-20(14-5-4-6-15(11-14)26(29)30)19-21(27)16-7-2-3-8-17(16)31-22(19)23(25)28/h2-12,20H,1H3. The van der Waals surface area contributed by atoms with E-state index in [-0.39, 0.29) is 22.4 Å². The number of aromatic nitrogens is 1. The second kappa shape index (κ2) is 6.88. The Labute approximate surface area is 175 Å². The van der Waals surface area contributed by atoms with Crippen LogP contribution in [0.2, 0.25) is 0 Å². The number of carbonyl (C=O) groups excluding carboxylic acids is 1. The first-order valence-electron chi connectivity index (χ1n) is 9.52. The van der Waals surface area contributed by atoms with Gasteiger partial charge in [-0.1, -0.05) is 30.3 Å². The monoisotopic (exact) mass is 413 g/mol. The van der Waals surface area contributed by atoms with Gasteiger partial charge in [0, 0.05) is 18.3 Å². The zero-order valence-electron chi connectivity index (χ0n) is 16.3. The molecule has 0 fully saturated rings. The second-order valence-electron chi connectivity index (χ2n) is 7.29. The molecule has 1 aliphatic rings. The van der Waals surface area contributed by atoms with Crippen LogP contribution in [0.5, 0.6) is 0 Å². The fraction of sp³-hybridized carbons (Fsp3) is 0.0870. The highest BCUT2D eigenvalue weighted by Gasteiger charge is 2.44. The minimum absolute atomic E-state index is 0.0809. The number of fused-ring (bicyclic) bond motifs is 2. The maximum Gasteiger partial charge on any atom is 0.296 e. The molecule has 0 spiro atoms. The highest BCUT2D eigenvalue weighted by atomic mass is 16.6. The van der Waals surface area contributed by atoms with Crippen LogP contribution >= 0.6 is 0 Å². The van der Waals surface area contributed by atoms with Crippen LogP contribution in [0.3, 0.4) is 0 Å². The average Bonchev–Trinajstić information content (AvgIpc) is 3.07. The maximum atomic E-state index is 13.4. The number of amides is 1. The fourth-order valence-electron chi connectivity index (χ4n) is 3.88. The Morgan fingerprint density at radius 3 is 2.61 bits per heavy atom. The van der Waals surface area contributed by atoms with Gasteiger partial charge in [0.05, 0.1) is 21.9 Å². The number of para-hydroxylation sites is 1. The largest absolute Gasteiger partial charge is 0.450 e. The van der Waals surface area contributed by atoms with E-state index in [9.17, 15) is 19.7 Å². The average molecular weight is 413 g/mol. The molecular formula is C23H15N3O5. The lowest BCUT2D eigenvalue weighted by atomic mass is 9.98. The molecule has 5 rings (SSSR count). The van der Waals surface area contributed by atoms with E-state index in [1.165, 1.54) is 23.1 Å². The Balaban J connectivity index is 1.81. The van der Waals surface area contributed by atoms with E-state index in [0.29, 0.717) is 22.4 Å². The fourth-order valence-corrected chi connectivity index (χ4v) is 3.88. The van der Waals surface area contributed by atoms with Gasteiger partial charge in [0.2, 0.25) is 5.76 Å². The third kappa shape index (κ3) is 2.88. The van der Waals surface area contributed by atoms with Crippen molar-refractivity contribution in [3.05, 3.63) is 110 Å². The number of nitro benzene ring substituents is 1. The summed E-state index contributed by atoms with van der Waals surface area (Å²) < 4.78 is 5.85. The highest BCUT2D eigenvalue weighted by molar-refractivity contribution is 6.10. The summed E-state index contributed by atoms with van der Waals surface area (Å²) in [6.07, 6.45) is 1.61. The van der Waals surface area contributed by atoms with Crippen molar-refractivity contribution >= 4 is 28.4 Å². The number of pyridine rings is 1. The predicted molar refractivity (Wildman–Crippen MR) is 113 cm³/mol. The molecule has 0 aliphatic carbocycles. The Kier molecular flexibility index (Phi) is 4.14. The number of rotatable bonds is 3. The lowest BCUT2D eigenvalue weighted by molar-refractivity contribution is -0.384. The first kappa shape index (κ1) is 18.7. The Bertz CT molecular complexity index is 1430. The summed E-state index contributed by atoms with van der Waals surface area (Å²) in [7, 11) is 0. The van der Waals surface area contributed by atoms with Crippen LogP contribution in [0.1, 0.15) is 33.3 Å². The summed E-state index contributed by atoms with van der Waals surface area (Å²) >= 11 is 0. The zero-order chi connectivity index (χ0) is 21.7.